The van der Waals surface area contributed by atoms with Crippen LogP contribution in [-0.4, -0.2) is 20.7 Å². The number of fused-ring (bicyclic) bond motifs is 1. The van der Waals surface area contributed by atoms with Gasteiger partial charge in [-0.2, -0.15) is 0 Å². The molecule has 0 bridgehead atoms. The van der Waals surface area contributed by atoms with Crippen molar-refractivity contribution in [3.05, 3.63) is 62.8 Å². The van der Waals surface area contributed by atoms with E-state index < -0.39 is 5.91 Å². The predicted molar refractivity (Wildman–Crippen MR) is 88.4 cm³/mol. The Hall–Kier alpha value is -2.96. The summed E-state index contributed by atoms with van der Waals surface area (Å²) in [7, 11) is 1.66. The Balaban J connectivity index is 1.91. The van der Waals surface area contributed by atoms with E-state index in [0.717, 1.165) is 0 Å². The van der Waals surface area contributed by atoms with Crippen LogP contribution in [0.2, 0.25) is 0 Å². The molecule has 24 heavy (non-hydrogen) atoms. The van der Waals surface area contributed by atoms with Gasteiger partial charge in [-0.25, -0.2) is 9.37 Å². The third-order valence-corrected chi connectivity index (χ3v) is 3.88. The molecule has 0 saturated heterocycles. The minimum absolute atomic E-state index is 0.170. The first-order chi connectivity index (χ1) is 11.4. The first-order valence-corrected chi connectivity index (χ1v) is 7.46. The highest BCUT2D eigenvalue weighted by molar-refractivity contribution is 6.05. The van der Waals surface area contributed by atoms with E-state index >= 15 is 0 Å². The largest absolute Gasteiger partial charge is 0.348 e. The molecule has 1 amide bonds. The van der Waals surface area contributed by atoms with Crippen molar-refractivity contribution >= 4 is 16.9 Å². The van der Waals surface area contributed by atoms with Crippen LogP contribution in [0.1, 0.15) is 27.2 Å². The number of hydrogen-bond donors (Lipinski definition) is 2. The van der Waals surface area contributed by atoms with E-state index in [2.05, 4.69) is 15.4 Å². The van der Waals surface area contributed by atoms with Crippen molar-refractivity contribution in [2.75, 3.05) is 0 Å². The molecule has 1 aromatic carbocycles. The summed E-state index contributed by atoms with van der Waals surface area (Å²) in [5, 5.41) is 5.56. The number of carbonyl (C=O) groups excluding carboxylic acids is 1. The molecule has 2 N–H and O–H groups in total. The summed E-state index contributed by atoms with van der Waals surface area (Å²) in [5.41, 5.74) is 2.14. The van der Waals surface area contributed by atoms with Crippen LogP contribution < -0.4 is 10.9 Å². The monoisotopic (exact) mass is 328 g/mol. The second kappa shape index (κ2) is 5.92. The number of halogens is 1. The van der Waals surface area contributed by atoms with Crippen LogP contribution in [0.5, 0.6) is 0 Å². The molecule has 0 atom stereocenters. The van der Waals surface area contributed by atoms with Crippen molar-refractivity contribution in [2.45, 2.75) is 20.4 Å². The second-order valence-corrected chi connectivity index (χ2v) is 5.78. The lowest BCUT2D eigenvalue weighted by atomic mass is 10.1. The number of H-pyrrole nitrogens is 1. The number of rotatable bonds is 3. The molecule has 124 valence electrons. The van der Waals surface area contributed by atoms with Crippen LogP contribution in [0.3, 0.4) is 0 Å². The third-order valence-electron chi connectivity index (χ3n) is 3.88. The lowest BCUT2D eigenvalue weighted by Crippen LogP contribution is -2.24. The van der Waals surface area contributed by atoms with Crippen molar-refractivity contribution < 1.29 is 9.18 Å². The maximum Gasteiger partial charge on any atom is 0.274 e. The van der Waals surface area contributed by atoms with Gasteiger partial charge < -0.3 is 5.32 Å². The van der Waals surface area contributed by atoms with E-state index in [4.69, 9.17) is 0 Å². The molecular formula is C17H17FN4O2. The number of nitrogens with zero attached hydrogens (tertiary/aromatic N) is 2. The van der Waals surface area contributed by atoms with Crippen molar-refractivity contribution in [3.63, 3.8) is 0 Å². The van der Waals surface area contributed by atoms with Crippen molar-refractivity contribution in [1.82, 2.24) is 20.1 Å². The zero-order chi connectivity index (χ0) is 17.4. The number of carbonyl (C=O) groups is 1. The van der Waals surface area contributed by atoms with Gasteiger partial charge in [-0.1, -0.05) is 12.1 Å². The van der Waals surface area contributed by atoms with E-state index in [-0.39, 0.29) is 28.9 Å². The predicted octanol–water partition coefficient (Wildman–Crippen LogP) is 1.95. The fraction of sp³-hybridized carbons (Fsp3) is 0.235. The summed E-state index contributed by atoms with van der Waals surface area (Å²) in [6, 6.07) is 6.37. The summed E-state index contributed by atoms with van der Waals surface area (Å²) in [6.07, 6.45) is 0. The Labute approximate surface area is 137 Å². The van der Waals surface area contributed by atoms with Crippen molar-refractivity contribution in [2.24, 2.45) is 7.05 Å². The second-order valence-electron chi connectivity index (χ2n) is 5.78. The molecular weight excluding hydrogens is 311 g/mol. The van der Waals surface area contributed by atoms with Gasteiger partial charge in [0.05, 0.1) is 10.9 Å². The molecule has 7 heteroatoms. The fourth-order valence-corrected chi connectivity index (χ4v) is 2.59. The molecule has 2 aromatic heterocycles. The average Bonchev–Trinajstić information content (AvgIpc) is 2.82. The maximum atomic E-state index is 13.6. The van der Waals surface area contributed by atoms with Gasteiger partial charge in [-0.05, 0) is 37.1 Å². The minimum Gasteiger partial charge on any atom is -0.348 e. The standard InChI is InChI=1S/C17H17FN4O2/c1-9-4-5-11(7-13(9)18)8-19-16(23)12-6-10(2)20-15-14(12)17(24)21-22(15)3/h4-7H,8H2,1-3H3,(H,19,23)(H,21,24). The van der Waals surface area contributed by atoms with E-state index in [0.29, 0.717) is 22.5 Å². The number of pyridine rings is 1. The Morgan fingerprint density at radius 2 is 2.08 bits per heavy atom. The quantitative estimate of drug-likeness (QED) is 0.771. The summed E-state index contributed by atoms with van der Waals surface area (Å²) >= 11 is 0. The van der Waals surface area contributed by atoms with Crippen molar-refractivity contribution in [1.29, 1.82) is 0 Å². The average molecular weight is 328 g/mol. The highest BCUT2D eigenvalue weighted by Crippen LogP contribution is 2.15. The van der Waals surface area contributed by atoms with Crippen LogP contribution in [0.25, 0.3) is 11.0 Å². The number of aromatic nitrogens is 3. The Kier molecular flexibility index (Phi) is 3.92. The number of aromatic amines is 1. The van der Waals surface area contributed by atoms with Crippen molar-refractivity contribution in [3.8, 4) is 0 Å². The first-order valence-electron chi connectivity index (χ1n) is 7.46. The molecule has 0 aliphatic carbocycles. The lowest BCUT2D eigenvalue weighted by molar-refractivity contribution is 0.0952. The van der Waals surface area contributed by atoms with Gasteiger partial charge in [-0.3, -0.25) is 19.4 Å². The number of aryl methyl sites for hydroxylation is 3. The van der Waals surface area contributed by atoms with Crippen LogP contribution in [-0.2, 0) is 13.6 Å². The summed E-state index contributed by atoms with van der Waals surface area (Å²) in [6.45, 7) is 3.60. The number of benzene rings is 1. The smallest absolute Gasteiger partial charge is 0.274 e. The number of amides is 1. The van der Waals surface area contributed by atoms with Gasteiger partial charge in [0.2, 0.25) is 0 Å². The zero-order valence-electron chi connectivity index (χ0n) is 13.6. The van der Waals surface area contributed by atoms with Crippen LogP contribution in [0, 0.1) is 19.7 Å². The van der Waals surface area contributed by atoms with Gasteiger partial charge in [0.15, 0.2) is 5.65 Å². The molecule has 0 spiro atoms. The molecule has 0 radical (unpaired) electrons. The summed E-state index contributed by atoms with van der Waals surface area (Å²) < 4.78 is 15.1. The van der Waals surface area contributed by atoms with Gasteiger partial charge >= 0.3 is 0 Å². The van der Waals surface area contributed by atoms with E-state index in [1.165, 1.54) is 10.7 Å². The molecule has 0 fully saturated rings. The molecule has 0 aliphatic heterocycles. The summed E-state index contributed by atoms with van der Waals surface area (Å²) in [5.74, 6) is -0.716. The Bertz CT molecular complexity index is 1000. The lowest BCUT2D eigenvalue weighted by Gasteiger charge is -2.08. The van der Waals surface area contributed by atoms with E-state index in [9.17, 15) is 14.0 Å². The van der Waals surface area contributed by atoms with Crippen LogP contribution >= 0.6 is 0 Å². The number of nitrogens with one attached hydrogen (secondary N) is 2. The van der Waals surface area contributed by atoms with Gasteiger partial charge in [-0.15, -0.1) is 0 Å². The molecule has 3 rings (SSSR count). The molecule has 2 heterocycles. The molecule has 6 nitrogen and oxygen atoms in total. The molecule has 0 aliphatic rings. The molecule has 3 aromatic rings. The molecule has 0 saturated carbocycles. The Morgan fingerprint density at radius 3 is 2.79 bits per heavy atom. The minimum atomic E-state index is -0.400. The van der Waals surface area contributed by atoms with Crippen LogP contribution in [0.15, 0.2) is 29.1 Å². The van der Waals surface area contributed by atoms with E-state index in [1.54, 1.807) is 39.1 Å². The highest BCUT2D eigenvalue weighted by Gasteiger charge is 2.17. The SMILES string of the molecule is Cc1cc(C(=O)NCc2ccc(C)c(F)c2)c2c(=O)[nH]n(C)c2n1. The van der Waals surface area contributed by atoms with Gasteiger partial charge in [0.1, 0.15) is 5.82 Å². The third kappa shape index (κ3) is 2.80. The first kappa shape index (κ1) is 15.9. The van der Waals surface area contributed by atoms with Gasteiger partial charge in [0, 0.05) is 19.3 Å². The number of hydrogen-bond acceptors (Lipinski definition) is 3. The van der Waals surface area contributed by atoms with Crippen LogP contribution in [0.4, 0.5) is 4.39 Å². The normalized spacial score (nSPS) is 11.0. The zero-order valence-corrected chi connectivity index (χ0v) is 13.6. The summed E-state index contributed by atoms with van der Waals surface area (Å²) in [4.78, 5) is 28.8. The highest BCUT2D eigenvalue weighted by atomic mass is 19.1. The van der Waals surface area contributed by atoms with Gasteiger partial charge in [0.25, 0.3) is 11.5 Å². The fourth-order valence-electron chi connectivity index (χ4n) is 2.59. The maximum absolute atomic E-state index is 13.6. The molecule has 0 unspecified atom stereocenters. The van der Waals surface area contributed by atoms with E-state index in [1.807, 2.05) is 0 Å². The Morgan fingerprint density at radius 1 is 1.33 bits per heavy atom. The topological polar surface area (TPSA) is 79.8 Å².